The Balaban J connectivity index is 1.71. The van der Waals surface area contributed by atoms with Gasteiger partial charge in [-0.3, -0.25) is 9.89 Å². The highest BCUT2D eigenvalue weighted by Crippen LogP contribution is 2.27. The van der Waals surface area contributed by atoms with Crippen molar-refractivity contribution >= 4 is 22.8 Å². The third-order valence-electron chi connectivity index (χ3n) is 4.21. The van der Waals surface area contributed by atoms with Crippen LogP contribution in [0.1, 0.15) is 15.9 Å². The summed E-state index contributed by atoms with van der Waals surface area (Å²) in [7, 11) is 1.44. The minimum absolute atomic E-state index is 0.0885. The molecule has 2 heterocycles. The second-order valence-electron chi connectivity index (χ2n) is 6.12. The Kier molecular flexibility index (Phi) is 4.73. The van der Waals surface area contributed by atoms with Gasteiger partial charge in [0.2, 0.25) is 5.95 Å². The predicted octanol–water partition coefficient (Wildman–Crippen LogP) is 2.27. The van der Waals surface area contributed by atoms with E-state index in [-0.39, 0.29) is 29.2 Å². The fourth-order valence-corrected chi connectivity index (χ4v) is 2.87. The molecule has 0 unspecified atom stereocenters. The molecule has 4 rings (SSSR count). The van der Waals surface area contributed by atoms with Crippen molar-refractivity contribution in [1.82, 2.24) is 25.1 Å². The Morgan fingerprint density at radius 1 is 1.21 bits per heavy atom. The number of aromatic amines is 1. The van der Waals surface area contributed by atoms with Gasteiger partial charge in [0, 0.05) is 11.9 Å². The van der Waals surface area contributed by atoms with Crippen molar-refractivity contribution in [2.24, 2.45) is 5.73 Å². The SMILES string of the molecule is COc1nc(NCc2cccc(F)c2)nc(-c2[nH]nc3c(C(N)=O)cccc23)n1. The van der Waals surface area contributed by atoms with Crippen LogP contribution >= 0.6 is 0 Å². The van der Waals surface area contributed by atoms with Gasteiger partial charge in [0.15, 0.2) is 5.82 Å². The van der Waals surface area contributed by atoms with Gasteiger partial charge in [0.05, 0.1) is 12.7 Å². The average Bonchev–Trinajstić information content (AvgIpc) is 3.16. The molecule has 10 heteroatoms. The molecular formula is C19H16FN7O2. The van der Waals surface area contributed by atoms with Crippen LogP contribution in [-0.2, 0) is 6.54 Å². The second kappa shape index (κ2) is 7.50. The minimum atomic E-state index is -0.584. The Bertz CT molecular complexity index is 1210. The molecule has 0 aliphatic carbocycles. The van der Waals surface area contributed by atoms with Crippen LogP contribution in [0.25, 0.3) is 22.4 Å². The number of hydrogen-bond acceptors (Lipinski definition) is 7. The van der Waals surface area contributed by atoms with E-state index in [2.05, 4.69) is 30.5 Å². The van der Waals surface area contributed by atoms with Crippen molar-refractivity contribution in [2.75, 3.05) is 12.4 Å². The van der Waals surface area contributed by atoms with Crippen LogP contribution in [0.4, 0.5) is 10.3 Å². The number of aromatic nitrogens is 5. The molecule has 0 saturated heterocycles. The van der Waals surface area contributed by atoms with E-state index < -0.39 is 5.91 Å². The van der Waals surface area contributed by atoms with E-state index in [1.165, 1.54) is 19.2 Å². The molecule has 0 radical (unpaired) electrons. The number of hydrogen-bond donors (Lipinski definition) is 3. The summed E-state index contributed by atoms with van der Waals surface area (Å²) in [6, 6.07) is 11.3. The normalized spacial score (nSPS) is 10.8. The molecule has 0 spiro atoms. The van der Waals surface area contributed by atoms with E-state index in [0.29, 0.717) is 23.1 Å². The summed E-state index contributed by atoms with van der Waals surface area (Å²) < 4.78 is 18.5. The topological polar surface area (TPSA) is 132 Å². The molecule has 0 aliphatic heterocycles. The molecule has 4 N–H and O–H groups in total. The number of nitrogens with one attached hydrogen (secondary N) is 2. The van der Waals surface area contributed by atoms with E-state index in [1.54, 1.807) is 30.3 Å². The Hall–Kier alpha value is -4.08. The Morgan fingerprint density at radius 2 is 2.03 bits per heavy atom. The molecule has 146 valence electrons. The quantitative estimate of drug-likeness (QED) is 0.458. The third-order valence-corrected chi connectivity index (χ3v) is 4.21. The molecule has 1 amide bonds. The van der Waals surface area contributed by atoms with Crippen LogP contribution in [0.5, 0.6) is 6.01 Å². The summed E-state index contributed by atoms with van der Waals surface area (Å²) in [4.78, 5) is 24.4. The van der Waals surface area contributed by atoms with Crippen molar-refractivity contribution in [3.63, 3.8) is 0 Å². The van der Waals surface area contributed by atoms with Gasteiger partial charge in [-0.15, -0.1) is 0 Å². The maximum atomic E-state index is 13.4. The molecule has 0 saturated carbocycles. The number of amides is 1. The number of methoxy groups -OCH3 is 1. The predicted molar refractivity (Wildman–Crippen MR) is 104 cm³/mol. The number of anilines is 1. The smallest absolute Gasteiger partial charge is 0.321 e. The van der Waals surface area contributed by atoms with E-state index in [9.17, 15) is 9.18 Å². The molecule has 0 atom stereocenters. The molecule has 29 heavy (non-hydrogen) atoms. The Morgan fingerprint density at radius 3 is 2.79 bits per heavy atom. The molecule has 2 aromatic carbocycles. The summed E-state index contributed by atoms with van der Waals surface area (Å²) >= 11 is 0. The fraction of sp³-hybridized carbons (Fsp3) is 0.105. The fourth-order valence-electron chi connectivity index (χ4n) is 2.87. The van der Waals surface area contributed by atoms with E-state index in [4.69, 9.17) is 10.5 Å². The van der Waals surface area contributed by atoms with Gasteiger partial charge in [0.25, 0.3) is 5.91 Å². The molecule has 9 nitrogen and oxygen atoms in total. The van der Waals surface area contributed by atoms with Crippen LogP contribution < -0.4 is 15.8 Å². The van der Waals surface area contributed by atoms with Gasteiger partial charge in [-0.05, 0) is 23.8 Å². The molecule has 0 fully saturated rings. The van der Waals surface area contributed by atoms with Crippen LogP contribution in [0.15, 0.2) is 42.5 Å². The van der Waals surface area contributed by atoms with Gasteiger partial charge in [-0.1, -0.05) is 24.3 Å². The van der Waals surface area contributed by atoms with Gasteiger partial charge in [-0.2, -0.15) is 20.1 Å². The first-order valence-electron chi connectivity index (χ1n) is 8.61. The molecule has 4 aromatic rings. The Labute approximate surface area is 164 Å². The lowest BCUT2D eigenvalue weighted by Gasteiger charge is -2.08. The minimum Gasteiger partial charge on any atom is -0.467 e. The number of primary amides is 1. The first kappa shape index (κ1) is 18.3. The number of rotatable bonds is 6. The number of carbonyl (C=O) groups is 1. The number of benzene rings is 2. The number of ether oxygens (including phenoxy) is 1. The van der Waals surface area contributed by atoms with Gasteiger partial charge in [0.1, 0.15) is 17.0 Å². The number of fused-ring (bicyclic) bond motifs is 1. The van der Waals surface area contributed by atoms with E-state index in [0.717, 1.165) is 5.56 Å². The number of nitrogens with two attached hydrogens (primary N) is 1. The van der Waals surface area contributed by atoms with Crippen molar-refractivity contribution in [1.29, 1.82) is 0 Å². The first-order valence-corrected chi connectivity index (χ1v) is 8.61. The van der Waals surface area contributed by atoms with Crippen LogP contribution in [0.3, 0.4) is 0 Å². The highest BCUT2D eigenvalue weighted by atomic mass is 19.1. The lowest BCUT2D eigenvalue weighted by Crippen LogP contribution is -2.11. The molecule has 2 aromatic heterocycles. The highest BCUT2D eigenvalue weighted by molar-refractivity contribution is 6.07. The zero-order valence-electron chi connectivity index (χ0n) is 15.3. The highest BCUT2D eigenvalue weighted by Gasteiger charge is 2.17. The van der Waals surface area contributed by atoms with Crippen molar-refractivity contribution < 1.29 is 13.9 Å². The van der Waals surface area contributed by atoms with E-state index in [1.807, 2.05) is 0 Å². The zero-order chi connectivity index (χ0) is 20.4. The van der Waals surface area contributed by atoms with Crippen LogP contribution in [0.2, 0.25) is 0 Å². The maximum Gasteiger partial charge on any atom is 0.321 e. The monoisotopic (exact) mass is 393 g/mol. The van der Waals surface area contributed by atoms with Crippen LogP contribution in [0, 0.1) is 5.82 Å². The van der Waals surface area contributed by atoms with Crippen LogP contribution in [-0.4, -0.2) is 38.2 Å². The van der Waals surface area contributed by atoms with Gasteiger partial charge < -0.3 is 15.8 Å². The number of nitrogens with zero attached hydrogens (tertiary/aromatic N) is 4. The summed E-state index contributed by atoms with van der Waals surface area (Å²) in [6.07, 6.45) is 0. The van der Waals surface area contributed by atoms with Gasteiger partial charge in [-0.25, -0.2) is 4.39 Å². The number of para-hydroxylation sites is 1. The maximum absolute atomic E-state index is 13.4. The average molecular weight is 393 g/mol. The lowest BCUT2D eigenvalue weighted by molar-refractivity contribution is 0.100. The number of H-pyrrole nitrogens is 1. The van der Waals surface area contributed by atoms with E-state index >= 15 is 0 Å². The molecule has 0 aliphatic rings. The van der Waals surface area contributed by atoms with Gasteiger partial charge >= 0.3 is 6.01 Å². The zero-order valence-corrected chi connectivity index (χ0v) is 15.3. The summed E-state index contributed by atoms with van der Waals surface area (Å²) in [5, 5.41) is 10.7. The molecule has 0 bridgehead atoms. The lowest BCUT2D eigenvalue weighted by atomic mass is 10.1. The number of carbonyl (C=O) groups excluding carboxylic acids is 1. The van der Waals surface area contributed by atoms with Crippen molar-refractivity contribution in [3.05, 3.63) is 59.4 Å². The number of halogens is 1. The second-order valence-corrected chi connectivity index (χ2v) is 6.12. The van der Waals surface area contributed by atoms with Crippen molar-refractivity contribution in [3.8, 4) is 17.5 Å². The summed E-state index contributed by atoms with van der Waals surface area (Å²) in [5.41, 5.74) is 7.33. The first-order chi connectivity index (χ1) is 14.0. The van der Waals surface area contributed by atoms with Crippen molar-refractivity contribution in [2.45, 2.75) is 6.54 Å². The summed E-state index contributed by atoms with van der Waals surface area (Å²) in [6.45, 7) is 0.305. The summed E-state index contributed by atoms with van der Waals surface area (Å²) in [5.74, 6) is -0.403. The standard InChI is InChI=1S/C19H16FN7O2/c1-29-19-24-17(15-12-6-3-7-13(16(21)28)14(12)26-27-15)23-18(25-19)22-9-10-4-2-5-11(20)8-10/h2-8H,9H2,1H3,(H2,21,28)(H,26,27)(H,22,23,24,25). The largest absolute Gasteiger partial charge is 0.467 e. The molecular weight excluding hydrogens is 377 g/mol. The third kappa shape index (κ3) is 3.68.